The molecular weight excluding hydrogens is 1810 g/mol. The van der Waals surface area contributed by atoms with Gasteiger partial charge in [-0.25, -0.2) is 0 Å². The average molecular weight is 1950 g/mol. The Bertz CT molecular complexity index is 8390. The summed E-state index contributed by atoms with van der Waals surface area (Å²) >= 11 is 0. The number of benzene rings is 24. The molecule has 0 atom stereocenters. The maximum absolute atomic E-state index is 2.45. The Morgan fingerprint density at radius 3 is 0.473 bits per heavy atom. The van der Waals surface area contributed by atoms with E-state index in [1.807, 2.05) is 0 Å². The number of hydrogen-bond donors (Lipinski definition) is 0. The molecule has 6 heteroatoms. The molecule has 24 rings (SSSR count). The molecule has 0 aliphatic rings. The molecule has 0 saturated carbocycles. The van der Waals surface area contributed by atoms with Crippen LogP contribution in [0.3, 0.4) is 0 Å². The van der Waals surface area contributed by atoms with E-state index < -0.39 is 0 Å². The summed E-state index contributed by atoms with van der Waals surface area (Å²) in [7, 11) is 0. The molecule has 0 radical (unpaired) electrons. The summed E-state index contributed by atoms with van der Waals surface area (Å²) in [5.41, 5.74) is 34.2. The van der Waals surface area contributed by atoms with Crippen LogP contribution < -0.4 is 29.4 Å². The van der Waals surface area contributed by atoms with Crippen molar-refractivity contribution in [2.24, 2.45) is 0 Å². The number of para-hydroxylation sites is 4. The van der Waals surface area contributed by atoms with Crippen molar-refractivity contribution in [1.29, 1.82) is 0 Å². The van der Waals surface area contributed by atoms with Crippen LogP contribution in [0.2, 0.25) is 0 Å². The second-order valence-corrected chi connectivity index (χ2v) is 44.4. The van der Waals surface area contributed by atoms with Gasteiger partial charge in [-0.1, -0.05) is 364 Å². The molecule has 0 spiro atoms. The third kappa shape index (κ3) is 18.9. The normalized spacial score (nSPS) is 11.9. The minimum Gasteiger partial charge on any atom is -0.310 e. The van der Waals surface area contributed by atoms with Gasteiger partial charge in [0.1, 0.15) is 0 Å². The van der Waals surface area contributed by atoms with Gasteiger partial charge in [-0.15, -0.1) is 0 Å². The van der Waals surface area contributed by atoms with Crippen molar-refractivity contribution in [1.82, 2.24) is 0 Å². The van der Waals surface area contributed by atoms with E-state index in [4.69, 9.17) is 0 Å². The molecule has 738 valence electrons. The van der Waals surface area contributed by atoms with Crippen molar-refractivity contribution in [3.8, 4) is 0 Å². The lowest BCUT2D eigenvalue weighted by molar-refractivity contribution is 0.590. The minimum atomic E-state index is 0.0864. The van der Waals surface area contributed by atoms with E-state index in [-0.39, 0.29) is 10.8 Å². The summed E-state index contributed by atoms with van der Waals surface area (Å²) in [5.74, 6) is 1.92. The van der Waals surface area contributed by atoms with Gasteiger partial charge in [-0.3, -0.25) is 0 Å². The van der Waals surface area contributed by atoms with E-state index >= 15 is 0 Å². The Morgan fingerprint density at radius 2 is 0.307 bits per heavy atom. The monoisotopic (exact) mass is 1950 g/mol. The van der Waals surface area contributed by atoms with Crippen LogP contribution in [0, 0.1) is 27.7 Å². The summed E-state index contributed by atoms with van der Waals surface area (Å²) in [5, 5.41) is 22.8. The minimum absolute atomic E-state index is 0.0864. The van der Waals surface area contributed by atoms with Crippen LogP contribution in [0.4, 0.5) is 102 Å². The van der Waals surface area contributed by atoms with Crippen LogP contribution in [-0.2, 0) is 10.8 Å². The van der Waals surface area contributed by atoms with Crippen molar-refractivity contribution in [3.63, 3.8) is 0 Å². The summed E-state index contributed by atoms with van der Waals surface area (Å²) in [6, 6.07) is 167. The Hall–Kier alpha value is -16.8. The van der Waals surface area contributed by atoms with Crippen LogP contribution in [0.5, 0.6) is 0 Å². The molecular formula is C144H132N6. The van der Waals surface area contributed by atoms with Gasteiger partial charge in [0.25, 0.3) is 0 Å². The average Bonchev–Trinajstić information content (AvgIpc) is 0.724. The van der Waals surface area contributed by atoms with Gasteiger partial charge in [0.2, 0.25) is 0 Å². The molecule has 24 aromatic carbocycles. The lowest BCUT2D eigenvalue weighted by Gasteiger charge is -2.30. The van der Waals surface area contributed by atoms with E-state index in [0.29, 0.717) is 23.7 Å². The van der Waals surface area contributed by atoms with Crippen LogP contribution in [0.15, 0.2) is 449 Å². The van der Waals surface area contributed by atoms with Crippen molar-refractivity contribution in [2.45, 2.75) is 159 Å². The fourth-order valence-corrected chi connectivity index (χ4v) is 22.8. The molecule has 0 heterocycles. The van der Waals surface area contributed by atoms with E-state index in [9.17, 15) is 0 Å². The van der Waals surface area contributed by atoms with Gasteiger partial charge < -0.3 is 29.4 Å². The zero-order valence-electron chi connectivity index (χ0n) is 89.7. The molecule has 24 aromatic rings. The van der Waals surface area contributed by atoms with E-state index in [2.05, 4.69) is 603 Å². The third-order valence-electron chi connectivity index (χ3n) is 30.5. The van der Waals surface area contributed by atoms with Crippen LogP contribution in [-0.4, -0.2) is 0 Å². The first kappa shape index (κ1) is 97.9. The molecule has 0 N–H and O–H groups in total. The summed E-state index contributed by atoms with van der Waals surface area (Å²) in [4.78, 5) is 14.5. The topological polar surface area (TPSA) is 19.4 Å². The first-order valence-electron chi connectivity index (χ1n) is 53.5. The summed E-state index contributed by atoms with van der Waals surface area (Å²) < 4.78 is 0. The maximum Gasteiger partial charge on any atom is 0.0540 e. The predicted molar refractivity (Wildman–Crippen MR) is 651 cm³/mol. The van der Waals surface area contributed by atoms with E-state index in [0.717, 1.165) is 56.9 Å². The third-order valence-corrected chi connectivity index (χ3v) is 30.5. The highest BCUT2D eigenvalue weighted by molar-refractivity contribution is 6.31. The smallest absolute Gasteiger partial charge is 0.0540 e. The Kier molecular flexibility index (Phi) is 26.4. The second kappa shape index (κ2) is 40.4. The molecule has 0 aliphatic heterocycles. The molecule has 0 bridgehead atoms. The Labute approximate surface area is 886 Å². The highest BCUT2D eigenvalue weighted by Crippen LogP contribution is 2.55. The summed E-state index contributed by atoms with van der Waals surface area (Å²) in [6.45, 7) is 40.4. The number of aryl methyl sites for hydroxylation is 4. The predicted octanol–water partition coefficient (Wildman–Crippen LogP) is 42.9. The maximum atomic E-state index is 2.45. The quantitative estimate of drug-likeness (QED) is 0.0626. The van der Waals surface area contributed by atoms with Crippen LogP contribution in [0.25, 0.3) is 97.0 Å². The van der Waals surface area contributed by atoms with Crippen LogP contribution in [0.1, 0.15) is 176 Å². The van der Waals surface area contributed by atoms with Gasteiger partial charge in [-0.2, -0.15) is 0 Å². The SMILES string of the molecule is CC(C)(C)c1ccc(N(c2ccccc2)c2ccc3ccc4c(N(c5ccccc5)c5ccc(C(C)(C)C)cc5)ccc5ccc2c3c54)cc1.CC(C)c1ccc(N(c2ccccc2)c2ccc3ccc4c(N(c5ccccc5)c5ccc(C(C)C)cc5)ccc5ccc2c3c54)cc1.Cc1cc(C)cc(N(c2ccc(C(C)C)cc2)c2ccc3ccc4c(N(c5ccc(C(C)C)cc5)c5cc(C)cc(C)c5)ccc5ccc2c3c54)c1. The fraction of sp³-hybridized carbons (Fsp3) is 0.167. The first-order chi connectivity index (χ1) is 72.6. The Morgan fingerprint density at radius 1 is 0.153 bits per heavy atom. The van der Waals surface area contributed by atoms with Crippen LogP contribution >= 0.6 is 0 Å². The molecule has 0 aromatic heterocycles. The molecule has 0 unspecified atom stereocenters. The highest BCUT2D eigenvalue weighted by Gasteiger charge is 2.30. The van der Waals surface area contributed by atoms with Crippen molar-refractivity contribution in [2.75, 3.05) is 29.4 Å². The van der Waals surface area contributed by atoms with Gasteiger partial charge in [0.05, 0.1) is 34.1 Å². The number of anilines is 18. The fourth-order valence-electron chi connectivity index (χ4n) is 22.8. The molecule has 0 amide bonds. The van der Waals surface area contributed by atoms with E-state index in [1.54, 1.807) is 0 Å². The first-order valence-corrected chi connectivity index (χ1v) is 53.5. The molecule has 6 nitrogen and oxygen atoms in total. The van der Waals surface area contributed by atoms with Crippen molar-refractivity contribution >= 4 is 199 Å². The Balaban J connectivity index is 0.000000127. The number of nitrogens with zero attached hydrogens (tertiary/aromatic N) is 6. The lowest BCUT2D eigenvalue weighted by atomic mass is 9.87. The standard InChI is InChI=1S/C50H48N2.C48H44N2.C46H40N2/c1-31(2)37-9-17-41(18-10-37)51(43-27-33(5)25-34(6)28-43)47-23-15-39-14-22-46-48(24-16-40-13-21-45(47)49(39)50(40)46)52(44-29-35(7)26-36(8)30-44)42-19-11-38(12-20-42)32(3)4;1-47(2,3)35-21-25-39(26-22-35)49(37-13-9-7-10-14-37)43-31-19-33-18-30-42-44(32-20-34-17-29-41(43)45(33)46(34)42)50(38-15-11-8-12-16-38)40-27-23-36(24-28-40)48(4,5)6;1-31(2)33-15-23-39(24-16-33)47(37-11-7-5-8-12-37)43-29-21-35-20-28-42-44(30-22-36-19-27-41(43)45(35)46(36)42)48(38-13-9-6-10-14-38)40-25-17-34(18-26-40)32(3)4/h9-32H,1-8H3;7-32H,1-6H3;5-32H,1-4H3. The number of hydrogen-bond acceptors (Lipinski definition) is 6. The molecule has 0 aliphatic carbocycles. The van der Waals surface area contributed by atoms with Gasteiger partial charge >= 0.3 is 0 Å². The number of rotatable bonds is 22. The van der Waals surface area contributed by atoms with Gasteiger partial charge in [-0.05, 0) is 364 Å². The zero-order chi connectivity index (χ0) is 104. The molecule has 0 fully saturated rings. The second-order valence-electron chi connectivity index (χ2n) is 44.4. The molecule has 150 heavy (non-hydrogen) atoms. The van der Waals surface area contributed by atoms with Crippen molar-refractivity contribution in [3.05, 3.63) is 505 Å². The van der Waals surface area contributed by atoms with Crippen molar-refractivity contribution < 1.29 is 0 Å². The van der Waals surface area contributed by atoms with Gasteiger partial charge in [0.15, 0.2) is 0 Å². The lowest BCUT2D eigenvalue weighted by Crippen LogP contribution is -2.14. The largest absolute Gasteiger partial charge is 0.310 e. The van der Waals surface area contributed by atoms with E-state index in [1.165, 1.54) is 198 Å². The zero-order valence-corrected chi connectivity index (χ0v) is 89.7. The molecule has 0 saturated heterocycles. The summed E-state index contributed by atoms with van der Waals surface area (Å²) in [6.07, 6.45) is 0. The van der Waals surface area contributed by atoms with Gasteiger partial charge in [0, 0.05) is 101 Å². The highest BCUT2D eigenvalue weighted by atomic mass is 15.2.